The van der Waals surface area contributed by atoms with Gasteiger partial charge in [-0.1, -0.05) is 12.8 Å². The van der Waals surface area contributed by atoms with Crippen molar-refractivity contribution in [2.24, 2.45) is 0 Å². The molecule has 0 aromatic rings. The van der Waals surface area contributed by atoms with E-state index in [9.17, 15) is 4.79 Å². The molecule has 1 aliphatic heterocycles. The van der Waals surface area contributed by atoms with Crippen LogP contribution in [0.15, 0.2) is 0 Å². The molecule has 0 aromatic carbocycles. The molecule has 4 nitrogen and oxygen atoms in total. The van der Waals surface area contributed by atoms with Gasteiger partial charge >= 0.3 is 0 Å². The zero-order valence-electron chi connectivity index (χ0n) is 13.1. The standard InChI is InChI=1S/C16H30N2O2/c1-17(11-10-15-9-5-6-12-20-15)16(19)13-18(2)14-7-3-4-8-14/h14-15H,3-13H2,1-2H3. The number of hydrogen-bond donors (Lipinski definition) is 0. The van der Waals surface area contributed by atoms with Crippen molar-refractivity contribution in [3.05, 3.63) is 0 Å². The molecular weight excluding hydrogens is 252 g/mol. The van der Waals surface area contributed by atoms with Gasteiger partial charge in [0.25, 0.3) is 0 Å². The molecule has 1 saturated heterocycles. The summed E-state index contributed by atoms with van der Waals surface area (Å²) in [7, 11) is 4.01. The minimum atomic E-state index is 0.246. The molecule has 0 bridgehead atoms. The Balaban J connectivity index is 1.65. The second-order valence-corrected chi connectivity index (χ2v) is 6.45. The fourth-order valence-electron chi connectivity index (χ4n) is 3.31. The van der Waals surface area contributed by atoms with E-state index in [1.807, 2.05) is 11.9 Å². The van der Waals surface area contributed by atoms with Crippen molar-refractivity contribution in [1.29, 1.82) is 0 Å². The van der Waals surface area contributed by atoms with Crippen LogP contribution < -0.4 is 0 Å². The molecule has 0 aromatic heterocycles. The Hall–Kier alpha value is -0.610. The number of ether oxygens (including phenoxy) is 1. The highest BCUT2D eigenvalue weighted by molar-refractivity contribution is 5.77. The minimum absolute atomic E-state index is 0.246. The summed E-state index contributed by atoms with van der Waals surface area (Å²) in [6.07, 6.45) is 10.1. The smallest absolute Gasteiger partial charge is 0.236 e. The van der Waals surface area contributed by atoms with Crippen LogP contribution in [0.1, 0.15) is 51.4 Å². The molecule has 2 rings (SSSR count). The number of amides is 1. The number of nitrogens with zero attached hydrogens (tertiary/aromatic N) is 2. The number of carbonyl (C=O) groups is 1. The molecule has 0 spiro atoms. The predicted octanol–water partition coefficient (Wildman–Crippen LogP) is 2.28. The Labute approximate surface area is 123 Å². The molecule has 0 N–H and O–H groups in total. The molecule has 20 heavy (non-hydrogen) atoms. The van der Waals surface area contributed by atoms with E-state index in [4.69, 9.17) is 4.74 Å². The van der Waals surface area contributed by atoms with Gasteiger partial charge in [-0.15, -0.1) is 0 Å². The third-order valence-corrected chi connectivity index (χ3v) is 4.82. The Morgan fingerprint density at radius 3 is 2.45 bits per heavy atom. The lowest BCUT2D eigenvalue weighted by Crippen LogP contribution is -2.41. The van der Waals surface area contributed by atoms with Crippen molar-refractivity contribution in [3.63, 3.8) is 0 Å². The van der Waals surface area contributed by atoms with Gasteiger partial charge in [0.1, 0.15) is 0 Å². The van der Waals surface area contributed by atoms with Crippen LogP contribution in [0.25, 0.3) is 0 Å². The molecule has 1 atom stereocenters. The first kappa shape index (κ1) is 15.8. The first-order valence-electron chi connectivity index (χ1n) is 8.22. The van der Waals surface area contributed by atoms with E-state index in [1.54, 1.807) is 0 Å². The van der Waals surface area contributed by atoms with E-state index in [0.717, 1.165) is 26.0 Å². The van der Waals surface area contributed by atoms with Crippen molar-refractivity contribution in [2.75, 3.05) is 33.8 Å². The van der Waals surface area contributed by atoms with Crippen molar-refractivity contribution >= 4 is 5.91 Å². The fraction of sp³-hybridized carbons (Fsp3) is 0.938. The molecule has 2 fully saturated rings. The summed E-state index contributed by atoms with van der Waals surface area (Å²) in [5, 5.41) is 0. The van der Waals surface area contributed by atoms with E-state index in [-0.39, 0.29) is 5.91 Å². The third-order valence-electron chi connectivity index (χ3n) is 4.82. The maximum absolute atomic E-state index is 12.2. The Bertz CT molecular complexity index is 297. The lowest BCUT2D eigenvalue weighted by molar-refractivity contribution is -0.131. The monoisotopic (exact) mass is 282 g/mol. The summed E-state index contributed by atoms with van der Waals surface area (Å²) < 4.78 is 5.72. The van der Waals surface area contributed by atoms with Gasteiger partial charge in [0.2, 0.25) is 5.91 Å². The van der Waals surface area contributed by atoms with Crippen LogP contribution in [0, 0.1) is 0 Å². The molecule has 0 radical (unpaired) electrons. The first-order valence-corrected chi connectivity index (χ1v) is 8.22. The number of hydrogen-bond acceptors (Lipinski definition) is 3. The maximum atomic E-state index is 12.2. The van der Waals surface area contributed by atoms with Crippen LogP contribution in [0.4, 0.5) is 0 Å². The fourth-order valence-corrected chi connectivity index (χ4v) is 3.31. The van der Waals surface area contributed by atoms with Gasteiger partial charge in [0, 0.05) is 26.2 Å². The summed E-state index contributed by atoms with van der Waals surface area (Å²) in [5.74, 6) is 0.246. The third kappa shape index (κ3) is 4.74. The summed E-state index contributed by atoms with van der Waals surface area (Å²) in [4.78, 5) is 16.3. The van der Waals surface area contributed by atoms with Gasteiger partial charge in [0.05, 0.1) is 12.6 Å². The highest BCUT2D eigenvalue weighted by atomic mass is 16.5. The average molecular weight is 282 g/mol. The van der Waals surface area contributed by atoms with Crippen LogP contribution in [-0.4, -0.2) is 61.6 Å². The molecule has 1 heterocycles. The predicted molar refractivity (Wildman–Crippen MR) is 80.7 cm³/mol. The number of carbonyl (C=O) groups excluding carboxylic acids is 1. The largest absolute Gasteiger partial charge is 0.378 e. The second-order valence-electron chi connectivity index (χ2n) is 6.45. The number of rotatable bonds is 6. The topological polar surface area (TPSA) is 32.8 Å². The van der Waals surface area contributed by atoms with Gasteiger partial charge in [-0.25, -0.2) is 0 Å². The van der Waals surface area contributed by atoms with E-state index >= 15 is 0 Å². The summed E-state index contributed by atoms with van der Waals surface area (Å²) in [6.45, 7) is 2.28. The average Bonchev–Trinajstić information content (AvgIpc) is 3.00. The second kappa shape index (κ2) is 7.99. The van der Waals surface area contributed by atoms with Crippen LogP contribution >= 0.6 is 0 Å². The van der Waals surface area contributed by atoms with Crippen LogP contribution in [0.3, 0.4) is 0 Å². The van der Waals surface area contributed by atoms with Crippen molar-refractivity contribution < 1.29 is 9.53 Å². The zero-order valence-corrected chi connectivity index (χ0v) is 13.1. The maximum Gasteiger partial charge on any atom is 0.236 e. The SMILES string of the molecule is CN(CCC1CCCCO1)C(=O)CN(C)C1CCCC1. The Kier molecular flexibility index (Phi) is 6.30. The molecule has 116 valence electrons. The molecule has 4 heteroatoms. The van der Waals surface area contributed by atoms with Gasteiger partial charge in [-0.3, -0.25) is 9.69 Å². The highest BCUT2D eigenvalue weighted by Gasteiger charge is 2.23. The van der Waals surface area contributed by atoms with E-state index in [0.29, 0.717) is 18.7 Å². The van der Waals surface area contributed by atoms with E-state index in [1.165, 1.54) is 38.5 Å². The van der Waals surface area contributed by atoms with Crippen molar-refractivity contribution in [3.8, 4) is 0 Å². The molecule has 1 aliphatic carbocycles. The summed E-state index contributed by atoms with van der Waals surface area (Å²) in [6, 6.07) is 0.619. The van der Waals surface area contributed by atoms with E-state index < -0.39 is 0 Å². The van der Waals surface area contributed by atoms with Gasteiger partial charge in [-0.2, -0.15) is 0 Å². The van der Waals surface area contributed by atoms with Gasteiger partial charge < -0.3 is 9.64 Å². The molecule has 2 aliphatic rings. The Morgan fingerprint density at radius 1 is 1.10 bits per heavy atom. The van der Waals surface area contributed by atoms with E-state index in [2.05, 4.69) is 11.9 Å². The molecular formula is C16H30N2O2. The molecule has 1 saturated carbocycles. The quantitative estimate of drug-likeness (QED) is 0.749. The first-order chi connectivity index (χ1) is 9.66. The van der Waals surface area contributed by atoms with Crippen LogP contribution in [0.2, 0.25) is 0 Å². The van der Waals surface area contributed by atoms with Crippen molar-refractivity contribution in [1.82, 2.24) is 9.80 Å². The van der Waals surface area contributed by atoms with Gasteiger partial charge in [0.15, 0.2) is 0 Å². The lowest BCUT2D eigenvalue weighted by atomic mass is 10.1. The molecule has 1 unspecified atom stereocenters. The lowest BCUT2D eigenvalue weighted by Gasteiger charge is -2.28. The summed E-state index contributed by atoms with van der Waals surface area (Å²) >= 11 is 0. The zero-order chi connectivity index (χ0) is 14.4. The minimum Gasteiger partial charge on any atom is -0.378 e. The normalized spacial score (nSPS) is 24.2. The van der Waals surface area contributed by atoms with Gasteiger partial charge in [-0.05, 0) is 45.6 Å². The van der Waals surface area contributed by atoms with Crippen LogP contribution in [0.5, 0.6) is 0 Å². The Morgan fingerprint density at radius 2 is 1.80 bits per heavy atom. The highest BCUT2D eigenvalue weighted by Crippen LogP contribution is 2.22. The summed E-state index contributed by atoms with van der Waals surface area (Å²) in [5.41, 5.74) is 0. The number of likely N-dealkylation sites (N-methyl/N-ethyl adjacent to an activating group) is 2. The van der Waals surface area contributed by atoms with Crippen LogP contribution in [-0.2, 0) is 9.53 Å². The molecule has 1 amide bonds. The van der Waals surface area contributed by atoms with Crippen molar-refractivity contribution in [2.45, 2.75) is 63.5 Å².